The van der Waals surface area contributed by atoms with Crippen LogP contribution in [0, 0.1) is 0 Å². The van der Waals surface area contributed by atoms with E-state index in [1.807, 2.05) is 6.92 Å². The largest absolute Gasteiger partial charge is 0.411 e. The Morgan fingerprint density at radius 1 is 1.15 bits per heavy atom. The number of ether oxygens (including phenoxy) is 1. The minimum absolute atomic E-state index is 0.0665. The molecule has 0 saturated heterocycles. The molecule has 1 radical (unpaired) electrons. The highest BCUT2D eigenvalue weighted by atomic mass is 28.3. The second kappa shape index (κ2) is 8.60. The Kier molecular flexibility index (Phi) is 7.49. The zero-order valence-electron chi connectivity index (χ0n) is 13.6. The fourth-order valence-electron chi connectivity index (χ4n) is 2.17. The van der Waals surface area contributed by atoms with Crippen LogP contribution in [0.2, 0.25) is 6.04 Å². The quantitative estimate of drug-likeness (QED) is 0.516. The standard InChI is InChI=1S/C17H29O2Si/c1-6-18-13-10-14-20(19-17(3,4)5)15(2)16-11-8-7-9-12-16/h7-9,11-12,15H,6,10,13-14H2,1-5H3/t15-/m1/s1. The van der Waals surface area contributed by atoms with Crippen molar-refractivity contribution in [1.82, 2.24) is 0 Å². The molecule has 1 aromatic rings. The van der Waals surface area contributed by atoms with Crippen molar-refractivity contribution in [2.24, 2.45) is 0 Å². The summed E-state index contributed by atoms with van der Waals surface area (Å²) in [6, 6.07) is 11.9. The van der Waals surface area contributed by atoms with Gasteiger partial charge in [0, 0.05) is 24.4 Å². The average molecular weight is 294 g/mol. The van der Waals surface area contributed by atoms with Gasteiger partial charge >= 0.3 is 0 Å². The molecule has 2 nitrogen and oxygen atoms in total. The van der Waals surface area contributed by atoms with E-state index in [0.717, 1.165) is 25.7 Å². The van der Waals surface area contributed by atoms with Crippen LogP contribution in [-0.4, -0.2) is 27.9 Å². The number of hydrogen-bond donors (Lipinski definition) is 0. The zero-order valence-corrected chi connectivity index (χ0v) is 14.6. The Morgan fingerprint density at radius 3 is 2.35 bits per heavy atom. The molecule has 1 atom stereocenters. The van der Waals surface area contributed by atoms with Crippen LogP contribution in [0.25, 0.3) is 0 Å². The monoisotopic (exact) mass is 293 g/mol. The topological polar surface area (TPSA) is 18.5 Å². The Morgan fingerprint density at radius 2 is 1.80 bits per heavy atom. The van der Waals surface area contributed by atoms with E-state index in [1.165, 1.54) is 5.56 Å². The molecule has 0 bridgehead atoms. The highest BCUT2D eigenvalue weighted by molar-refractivity contribution is 6.53. The summed E-state index contributed by atoms with van der Waals surface area (Å²) in [6.07, 6.45) is 1.09. The Bertz CT molecular complexity index is 359. The van der Waals surface area contributed by atoms with Gasteiger partial charge in [0.25, 0.3) is 0 Å². The SMILES string of the molecule is CCOCCC[Si](OC(C)(C)C)[C@H](C)c1ccccc1. The van der Waals surface area contributed by atoms with Crippen LogP contribution in [0.5, 0.6) is 0 Å². The van der Waals surface area contributed by atoms with Crippen molar-refractivity contribution >= 4 is 9.04 Å². The molecular weight excluding hydrogens is 264 g/mol. The highest BCUT2D eigenvalue weighted by Crippen LogP contribution is 2.25. The van der Waals surface area contributed by atoms with Crippen molar-refractivity contribution < 1.29 is 9.16 Å². The van der Waals surface area contributed by atoms with Crippen LogP contribution in [0.3, 0.4) is 0 Å². The first kappa shape index (κ1) is 17.4. The first-order valence-electron chi connectivity index (χ1n) is 7.61. The minimum Gasteiger partial charge on any atom is -0.411 e. The van der Waals surface area contributed by atoms with E-state index in [2.05, 4.69) is 58.0 Å². The van der Waals surface area contributed by atoms with Gasteiger partial charge in [0.05, 0.1) is 0 Å². The summed E-state index contributed by atoms with van der Waals surface area (Å²) >= 11 is 0. The third-order valence-corrected chi connectivity index (χ3v) is 6.16. The van der Waals surface area contributed by atoms with Gasteiger partial charge in [0.1, 0.15) is 0 Å². The third kappa shape index (κ3) is 6.68. The van der Waals surface area contributed by atoms with Crippen LogP contribution in [-0.2, 0) is 9.16 Å². The second-order valence-corrected chi connectivity index (χ2v) is 8.62. The first-order chi connectivity index (χ1) is 9.44. The van der Waals surface area contributed by atoms with Gasteiger partial charge in [0.15, 0.2) is 0 Å². The van der Waals surface area contributed by atoms with Gasteiger partial charge in [-0.1, -0.05) is 37.3 Å². The zero-order chi connectivity index (χ0) is 15.0. The molecule has 0 spiro atoms. The molecule has 113 valence electrons. The number of rotatable bonds is 8. The summed E-state index contributed by atoms with van der Waals surface area (Å²) in [4.78, 5) is 0. The summed E-state index contributed by atoms with van der Waals surface area (Å²) in [7, 11) is -0.893. The third-order valence-electron chi connectivity index (χ3n) is 3.14. The van der Waals surface area contributed by atoms with Crippen LogP contribution in [0.15, 0.2) is 30.3 Å². The van der Waals surface area contributed by atoms with Crippen LogP contribution in [0.4, 0.5) is 0 Å². The van der Waals surface area contributed by atoms with Gasteiger partial charge in [-0.25, -0.2) is 0 Å². The molecule has 0 unspecified atom stereocenters. The van der Waals surface area contributed by atoms with Gasteiger partial charge < -0.3 is 9.16 Å². The molecule has 0 saturated carbocycles. The molecule has 20 heavy (non-hydrogen) atoms. The van der Waals surface area contributed by atoms with Crippen LogP contribution in [0.1, 0.15) is 52.1 Å². The van der Waals surface area contributed by atoms with Gasteiger partial charge in [-0.2, -0.15) is 0 Å². The maximum Gasteiger partial charge on any atom is 0.219 e. The van der Waals surface area contributed by atoms with E-state index >= 15 is 0 Å². The fourth-order valence-corrected chi connectivity index (χ4v) is 4.73. The maximum atomic E-state index is 6.38. The number of hydrogen-bond acceptors (Lipinski definition) is 2. The lowest BCUT2D eigenvalue weighted by Crippen LogP contribution is -2.35. The molecular formula is C17H29O2Si. The maximum absolute atomic E-state index is 6.38. The van der Waals surface area contributed by atoms with Gasteiger partial charge in [-0.15, -0.1) is 0 Å². The smallest absolute Gasteiger partial charge is 0.219 e. The summed E-state index contributed by atoms with van der Waals surface area (Å²) in [6.45, 7) is 12.4. The fraction of sp³-hybridized carbons (Fsp3) is 0.647. The Hall–Kier alpha value is -0.643. The average Bonchev–Trinajstić information content (AvgIpc) is 2.41. The second-order valence-electron chi connectivity index (χ2n) is 6.11. The Labute approximate surface area is 126 Å². The van der Waals surface area contributed by atoms with E-state index in [9.17, 15) is 0 Å². The lowest BCUT2D eigenvalue weighted by atomic mass is 10.2. The highest BCUT2D eigenvalue weighted by Gasteiger charge is 2.27. The molecule has 1 rings (SSSR count). The van der Waals surface area contributed by atoms with E-state index in [4.69, 9.17) is 9.16 Å². The molecule has 0 N–H and O–H groups in total. The lowest BCUT2D eigenvalue weighted by molar-refractivity contribution is 0.120. The normalized spacial score (nSPS) is 13.7. The van der Waals surface area contributed by atoms with E-state index in [-0.39, 0.29) is 5.60 Å². The van der Waals surface area contributed by atoms with Crippen molar-refractivity contribution in [3.05, 3.63) is 35.9 Å². The minimum atomic E-state index is -0.893. The van der Waals surface area contributed by atoms with Crippen molar-refractivity contribution in [1.29, 1.82) is 0 Å². The predicted octanol–water partition coefficient (Wildman–Crippen LogP) is 4.56. The van der Waals surface area contributed by atoms with Crippen molar-refractivity contribution in [2.75, 3.05) is 13.2 Å². The number of benzene rings is 1. The summed E-state index contributed by atoms with van der Waals surface area (Å²) in [5.74, 6) is 0. The first-order valence-corrected chi connectivity index (χ1v) is 9.30. The lowest BCUT2D eigenvalue weighted by Gasteiger charge is -2.30. The van der Waals surface area contributed by atoms with Gasteiger partial charge in [-0.3, -0.25) is 0 Å². The van der Waals surface area contributed by atoms with Crippen molar-refractivity contribution in [3.8, 4) is 0 Å². The van der Waals surface area contributed by atoms with E-state index in [1.54, 1.807) is 0 Å². The summed E-state index contributed by atoms with van der Waals surface area (Å²) in [5.41, 5.74) is 1.83. The van der Waals surface area contributed by atoms with Gasteiger partial charge in [-0.05, 0) is 45.7 Å². The molecule has 0 heterocycles. The molecule has 0 amide bonds. The molecule has 3 heteroatoms. The van der Waals surface area contributed by atoms with Crippen LogP contribution >= 0.6 is 0 Å². The van der Waals surface area contributed by atoms with Crippen molar-refractivity contribution in [2.45, 2.75) is 58.2 Å². The molecule has 0 aliphatic carbocycles. The molecule has 0 aliphatic rings. The van der Waals surface area contributed by atoms with Crippen LogP contribution < -0.4 is 0 Å². The Balaban J connectivity index is 2.66. The van der Waals surface area contributed by atoms with Gasteiger partial charge in [0.2, 0.25) is 9.04 Å². The summed E-state index contributed by atoms with van der Waals surface area (Å²) < 4.78 is 11.8. The molecule has 1 aromatic carbocycles. The summed E-state index contributed by atoms with van der Waals surface area (Å²) in [5, 5.41) is 0. The molecule has 0 aromatic heterocycles. The predicted molar refractivity (Wildman–Crippen MR) is 87.4 cm³/mol. The van der Waals surface area contributed by atoms with Crippen molar-refractivity contribution in [3.63, 3.8) is 0 Å². The molecule has 0 aliphatic heterocycles. The van der Waals surface area contributed by atoms with E-state index < -0.39 is 9.04 Å². The van der Waals surface area contributed by atoms with E-state index in [0.29, 0.717) is 5.54 Å². The molecule has 0 fully saturated rings.